The maximum absolute atomic E-state index is 13.3. The van der Waals surface area contributed by atoms with Gasteiger partial charge in [-0.2, -0.15) is 13.2 Å². The van der Waals surface area contributed by atoms with Crippen molar-refractivity contribution in [2.24, 2.45) is 0 Å². The van der Waals surface area contributed by atoms with Crippen LogP contribution in [0.3, 0.4) is 0 Å². The van der Waals surface area contributed by atoms with Crippen molar-refractivity contribution in [3.63, 3.8) is 0 Å². The Kier molecular flexibility index (Phi) is 6.04. The van der Waals surface area contributed by atoms with Crippen molar-refractivity contribution in [1.82, 2.24) is 5.32 Å². The maximum Gasteiger partial charge on any atom is 0.437 e. The molecule has 0 saturated heterocycles. The number of hydrogen-bond donors (Lipinski definition) is 1. The number of halogens is 3. The lowest BCUT2D eigenvalue weighted by Crippen LogP contribution is -2.62. The fraction of sp³-hybridized carbons (Fsp3) is 0.846. The molecule has 0 rings (SSSR count). The average molecular weight is 297 g/mol. The van der Waals surface area contributed by atoms with E-state index < -0.39 is 35.6 Å². The molecule has 1 atom stereocenters. The highest BCUT2D eigenvalue weighted by atomic mass is 19.4. The number of rotatable bonds is 5. The second kappa shape index (κ2) is 6.45. The summed E-state index contributed by atoms with van der Waals surface area (Å²) in [5.41, 5.74) is -3.99. The van der Waals surface area contributed by atoms with E-state index >= 15 is 0 Å². The zero-order valence-electron chi connectivity index (χ0n) is 12.5. The van der Waals surface area contributed by atoms with E-state index in [0.717, 1.165) is 6.92 Å². The lowest BCUT2D eigenvalue weighted by atomic mass is 9.96. The molecule has 0 heterocycles. The van der Waals surface area contributed by atoms with Gasteiger partial charge < -0.3 is 10.1 Å². The van der Waals surface area contributed by atoms with Crippen molar-refractivity contribution in [1.29, 1.82) is 0 Å². The van der Waals surface area contributed by atoms with Gasteiger partial charge in [0.25, 0.3) is 11.5 Å². The van der Waals surface area contributed by atoms with Crippen LogP contribution in [0.5, 0.6) is 0 Å². The molecule has 0 aliphatic rings. The van der Waals surface area contributed by atoms with Gasteiger partial charge in [0.15, 0.2) is 0 Å². The van der Waals surface area contributed by atoms with Crippen LogP contribution in [0, 0.1) is 0 Å². The van der Waals surface area contributed by atoms with Crippen molar-refractivity contribution in [2.75, 3.05) is 0 Å². The zero-order valence-corrected chi connectivity index (χ0v) is 12.5. The summed E-state index contributed by atoms with van der Waals surface area (Å²) in [6.45, 7) is 7.45. The molecule has 0 aromatic heterocycles. The molecule has 0 fully saturated rings. The Balaban J connectivity index is 5.45. The number of esters is 1. The fourth-order valence-electron chi connectivity index (χ4n) is 1.56. The first kappa shape index (κ1) is 18.7. The van der Waals surface area contributed by atoms with Crippen molar-refractivity contribution in [2.45, 2.75) is 71.2 Å². The molecule has 0 saturated carbocycles. The Hall–Kier alpha value is -1.27. The summed E-state index contributed by atoms with van der Waals surface area (Å²) >= 11 is 0. The van der Waals surface area contributed by atoms with E-state index in [9.17, 15) is 22.8 Å². The van der Waals surface area contributed by atoms with Gasteiger partial charge in [0.05, 0.1) is 0 Å². The number of carbonyl (C=O) groups excluding carboxylic acids is 2. The maximum atomic E-state index is 13.3. The van der Waals surface area contributed by atoms with Gasteiger partial charge in [0.2, 0.25) is 0 Å². The molecule has 0 unspecified atom stereocenters. The Morgan fingerprint density at radius 2 is 1.60 bits per heavy atom. The summed E-state index contributed by atoms with van der Waals surface area (Å²) < 4.78 is 44.3. The van der Waals surface area contributed by atoms with Crippen molar-refractivity contribution in [3.05, 3.63) is 0 Å². The van der Waals surface area contributed by atoms with E-state index in [-0.39, 0.29) is 6.42 Å². The van der Waals surface area contributed by atoms with Crippen LogP contribution in [0.25, 0.3) is 0 Å². The van der Waals surface area contributed by atoms with Crippen LogP contribution in [-0.4, -0.2) is 29.2 Å². The van der Waals surface area contributed by atoms with Gasteiger partial charge in [-0.3, -0.25) is 9.59 Å². The molecule has 7 heteroatoms. The van der Waals surface area contributed by atoms with E-state index in [4.69, 9.17) is 0 Å². The second-order valence-electron chi connectivity index (χ2n) is 5.61. The standard InChI is InChI=1S/C13H22F3NO3/c1-6-8-9(18)20-12(7-2,13(14,15)16)10(19)17-11(3,4)5/h6-8H2,1-5H3,(H,17,19)/t12-/m1/s1. The molecule has 0 aromatic rings. The topological polar surface area (TPSA) is 55.4 Å². The highest BCUT2D eigenvalue weighted by Gasteiger charge is 2.63. The molecule has 0 aliphatic carbocycles. The van der Waals surface area contributed by atoms with E-state index in [1.165, 1.54) is 0 Å². The first-order chi connectivity index (χ1) is 8.89. The summed E-state index contributed by atoms with van der Waals surface area (Å²) in [5.74, 6) is -2.37. The van der Waals surface area contributed by atoms with Gasteiger partial charge in [-0.25, -0.2) is 0 Å². The van der Waals surface area contributed by atoms with E-state index in [2.05, 4.69) is 10.1 Å². The van der Waals surface area contributed by atoms with Crippen LogP contribution in [0.4, 0.5) is 13.2 Å². The molecular formula is C13H22F3NO3. The first-order valence-corrected chi connectivity index (χ1v) is 6.50. The number of hydrogen-bond acceptors (Lipinski definition) is 3. The molecule has 118 valence electrons. The lowest BCUT2D eigenvalue weighted by molar-refractivity contribution is -0.263. The third-order valence-corrected chi connectivity index (χ3v) is 2.55. The number of alkyl halides is 3. The number of carbonyl (C=O) groups is 2. The SMILES string of the molecule is CCCC(=O)O[C@](CC)(C(=O)NC(C)(C)C)C(F)(F)F. The molecule has 0 bridgehead atoms. The summed E-state index contributed by atoms with van der Waals surface area (Å²) in [6.07, 6.45) is -5.47. The number of amides is 1. The van der Waals surface area contributed by atoms with Gasteiger partial charge >= 0.3 is 12.1 Å². The lowest BCUT2D eigenvalue weighted by Gasteiger charge is -2.35. The molecular weight excluding hydrogens is 275 g/mol. The third kappa shape index (κ3) is 4.68. The largest absolute Gasteiger partial charge is 0.439 e. The third-order valence-electron chi connectivity index (χ3n) is 2.55. The Bertz CT molecular complexity index is 361. The van der Waals surface area contributed by atoms with Crippen molar-refractivity contribution in [3.8, 4) is 0 Å². The zero-order chi connectivity index (χ0) is 16.2. The highest BCUT2D eigenvalue weighted by molar-refractivity contribution is 5.89. The van der Waals surface area contributed by atoms with Crippen LogP contribution >= 0.6 is 0 Å². The molecule has 4 nitrogen and oxygen atoms in total. The van der Waals surface area contributed by atoms with Crippen LogP contribution in [0.2, 0.25) is 0 Å². The second-order valence-corrected chi connectivity index (χ2v) is 5.61. The summed E-state index contributed by atoms with van der Waals surface area (Å²) in [7, 11) is 0. The first-order valence-electron chi connectivity index (χ1n) is 6.50. The van der Waals surface area contributed by atoms with Crippen molar-refractivity contribution < 1.29 is 27.5 Å². The van der Waals surface area contributed by atoms with E-state index in [0.29, 0.717) is 6.42 Å². The normalized spacial score (nSPS) is 15.4. The van der Waals surface area contributed by atoms with Crippen LogP contribution in [0.15, 0.2) is 0 Å². The summed E-state index contributed by atoms with van der Waals surface area (Å²) in [5, 5.41) is 2.23. The van der Waals surface area contributed by atoms with E-state index in [1.807, 2.05) is 0 Å². The smallest absolute Gasteiger partial charge is 0.437 e. The molecule has 1 amide bonds. The highest BCUT2D eigenvalue weighted by Crippen LogP contribution is 2.37. The van der Waals surface area contributed by atoms with Crippen molar-refractivity contribution >= 4 is 11.9 Å². The molecule has 0 aliphatic heterocycles. The quantitative estimate of drug-likeness (QED) is 0.794. The molecule has 0 spiro atoms. The molecule has 0 aromatic carbocycles. The molecule has 20 heavy (non-hydrogen) atoms. The number of ether oxygens (including phenoxy) is 1. The van der Waals surface area contributed by atoms with Crippen LogP contribution in [0.1, 0.15) is 53.9 Å². The van der Waals surface area contributed by atoms with E-state index in [1.54, 1.807) is 27.7 Å². The van der Waals surface area contributed by atoms with Crippen LogP contribution in [-0.2, 0) is 14.3 Å². The van der Waals surface area contributed by atoms with Gasteiger partial charge in [-0.15, -0.1) is 0 Å². The summed E-state index contributed by atoms with van der Waals surface area (Å²) in [4.78, 5) is 23.4. The van der Waals surface area contributed by atoms with Gasteiger partial charge in [0.1, 0.15) is 0 Å². The minimum Gasteiger partial charge on any atom is -0.439 e. The minimum atomic E-state index is -4.97. The minimum absolute atomic E-state index is 0.166. The molecule has 0 radical (unpaired) electrons. The predicted molar refractivity (Wildman–Crippen MR) is 68.0 cm³/mol. The Labute approximate surface area is 117 Å². The van der Waals surface area contributed by atoms with Crippen LogP contribution < -0.4 is 5.32 Å². The average Bonchev–Trinajstić information content (AvgIpc) is 2.21. The summed E-state index contributed by atoms with van der Waals surface area (Å²) in [6, 6.07) is 0. The fourth-order valence-corrected chi connectivity index (χ4v) is 1.56. The monoisotopic (exact) mass is 297 g/mol. The Morgan fingerprint density at radius 3 is 1.90 bits per heavy atom. The van der Waals surface area contributed by atoms with Gasteiger partial charge in [0, 0.05) is 18.4 Å². The van der Waals surface area contributed by atoms with Gasteiger partial charge in [-0.05, 0) is 27.2 Å². The Morgan fingerprint density at radius 1 is 1.10 bits per heavy atom. The number of nitrogens with one attached hydrogen (secondary N) is 1. The molecule has 1 N–H and O–H groups in total. The predicted octanol–water partition coefficient (Wildman–Crippen LogP) is 2.96. The van der Waals surface area contributed by atoms with Gasteiger partial charge in [-0.1, -0.05) is 13.8 Å².